The predicted molar refractivity (Wildman–Crippen MR) is 64.7 cm³/mol. The van der Waals surface area contributed by atoms with E-state index in [1.165, 1.54) is 6.26 Å². The number of rotatable bonds is 7. The van der Waals surface area contributed by atoms with E-state index in [0.29, 0.717) is 31.8 Å². The predicted octanol–water partition coefficient (Wildman–Crippen LogP) is 0.0740. The fourth-order valence-electron chi connectivity index (χ4n) is 1.44. The molecule has 0 fully saturated rings. The van der Waals surface area contributed by atoms with Gasteiger partial charge in [-0.05, 0) is 6.92 Å². The highest BCUT2D eigenvalue weighted by atomic mass is 32.2. The van der Waals surface area contributed by atoms with Crippen LogP contribution in [-0.4, -0.2) is 48.9 Å². The molecule has 1 rings (SSSR count). The lowest BCUT2D eigenvalue weighted by Crippen LogP contribution is -2.11. The second-order valence-electron chi connectivity index (χ2n) is 3.88. The quantitative estimate of drug-likeness (QED) is 0.694. The van der Waals surface area contributed by atoms with Crippen molar-refractivity contribution < 1.29 is 13.2 Å². The van der Waals surface area contributed by atoms with Gasteiger partial charge in [-0.15, -0.1) is 0 Å². The Morgan fingerprint density at radius 3 is 2.59 bits per heavy atom. The van der Waals surface area contributed by atoms with Gasteiger partial charge in [0.1, 0.15) is 15.7 Å². The van der Waals surface area contributed by atoms with Gasteiger partial charge in [-0.1, -0.05) is 0 Å². The van der Waals surface area contributed by atoms with Crippen molar-refractivity contribution in [3.63, 3.8) is 0 Å². The zero-order valence-electron chi connectivity index (χ0n) is 10.5. The summed E-state index contributed by atoms with van der Waals surface area (Å²) in [5.74, 6) is 1.54. The summed E-state index contributed by atoms with van der Waals surface area (Å²) in [5.41, 5.74) is 0. The van der Waals surface area contributed by atoms with Gasteiger partial charge in [0.2, 0.25) is 0 Å². The Morgan fingerprint density at radius 2 is 2.06 bits per heavy atom. The largest absolute Gasteiger partial charge is 0.384 e. The molecule has 0 saturated carbocycles. The molecular weight excluding hydrogens is 242 g/mol. The molecule has 0 radical (unpaired) electrons. The lowest BCUT2D eigenvalue weighted by atomic mass is 10.4. The van der Waals surface area contributed by atoms with Crippen molar-refractivity contribution in [1.29, 1.82) is 0 Å². The Hall–Kier alpha value is -0.950. The second-order valence-corrected chi connectivity index (χ2v) is 6.14. The fraction of sp³-hybridized carbons (Fsp3) is 0.800. The summed E-state index contributed by atoms with van der Waals surface area (Å²) in [5, 5.41) is 4.30. The molecular formula is C10H19N3O3S. The van der Waals surface area contributed by atoms with E-state index >= 15 is 0 Å². The van der Waals surface area contributed by atoms with Crippen LogP contribution < -0.4 is 0 Å². The van der Waals surface area contributed by atoms with Crippen LogP contribution in [0.4, 0.5) is 0 Å². The molecule has 1 aromatic rings. The number of hydrogen-bond acceptors (Lipinski definition) is 5. The highest BCUT2D eigenvalue weighted by molar-refractivity contribution is 7.90. The number of nitrogens with zero attached hydrogens (tertiary/aromatic N) is 3. The molecule has 0 spiro atoms. The molecule has 98 valence electrons. The van der Waals surface area contributed by atoms with Gasteiger partial charge in [-0.25, -0.2) is 13.4 Å². The molecule has 17 heavy (non-hydrogen) atoms. The van der Waals surface area contributed by atoms with Gasteiger partial charge in [0, 0.05) is 32.8 Å². The summed E-state index contributed by atoms with van der Waals surface area (Å²) in [6.07, 6.45) is 2.29. The maximum Gasteiger partial charge on any atom is 0.153 e. The average molecular weight is 261 g/mol. The van der Waals surface area contributed by atoms with Crippen molar-refractivity contribution in [1.82, 2.24) is 14.8 Å². The van der Waals surface area contributed by atoms with E-state index < -0.39 is 9.84 Å². The molecule has 0 aliphatic rings. The minimum atomic E-state index is -2.96. The summed E-state index contributed by atoms with van der Waals surface area (Å²) in [4.78, 5) is 4.33. The molecule has 0 atom stereocenters. The molecule has 0 saturated heterocycles. The van der Waals surface area contributed by atoms with E-state index in [1.807, 2.05) is 6.92 Å². The first kappa shape index (κ1) is 14.1. The van der Waals surface area contributed by atoms with Crippen LogP contribution in [0.3, 0.4) is 0 Å². The third-order valence-corrected chi connectivity index (χ3v) is 3.26. The van der Waals surface area contributed by atoms with Crippen molar-refractivity contribution in [3.8, 4) is 0 Å². The topological polar surface area (TPSA) is 74.1 Å². The average Bonchev–Trinajstić information content (AvgIpc) is 2.65. The van der Waals surface area contributed by atoms with Crippen LogP contribution in [0.1, 0.15) is 18.6 Å². The van der Waals surface area contributed by atoms with Crippen molar-refractivity contribution in [2.45, 2.75) is 26.3 Å². The van der Waals surface area contributed by atoms with Crippen LogP contribution >= 0.6 is 0 Å². The Morgan fingerprint density at radius 1 is 1.35 bits per heavy atom. The van der Waals surface area contributed by atoms with Gasteiger partial charge in [0.25, 0.3) is 0 Å². The van der Waals surface area contributed by atoms with E-state index in [0.717, 1.165) is 5.82 Å². The van der Waals surface area contributed by atoms with E-state index in [4.69, 9.17) is 4.74 Å². The van der Waals surface area contributed by atoms with Gasteiger partial charge in [-0.3, -0.25) is 4.68 Å². The van der Waals surface area contributed by atoms with E-state index in [1.54, 1.807) is 11.8 Å². The number of aromatic nitrogens is 3. The molecule has 0 aliphatic carbocycles. The summed E-state index contributed by atoms with van der Waals surface area (Å²) < 4.78 is 28.9. The first-order valence-corrected chi connectivity index (χ1v) is 7.61. The van der Waals surface area contributed by atoms with Crippen molar-refractivity contribution in [3.05, 3.63) is 11.6 Å². The summed E-state index contributed by atoms with van der Waals surface area (Å²) in [6.45, 7) is 3.22. The number of ether oxygens (including phenoxy) is 1. The van der Waals surface area contributed by atoms with Gasteiger partial charge in [-0.2, -0.15) is 5.10 Å². The molecule has 6 nitrogen and oxygen atoms in total. The first-order chi connectivity index (χ1) is 7.96. The lowest BCUT2D eigenvalue weighted by molar-refractivity contribution is 0.200. The van der Waals surface area contributed by atoms with Gasteiger partial charge in [0.15, 0.2) is 5.82 Å². The second kappa shape index (κ2) is 6.11. The van der Waals surface area contributed by atoms with E-state index in [-0.39, 0.29) is 5.75 Å². The molecule has 0 unspecified atom stereocenters. The highest BCUT2D eigenvalue weighted by Gasteiger charge is 2.11. The summed E-state index contributed by atoms with van der Waals surface area (Å²) in [7, 11) is -1.33. The molecule has 0 aromatic carbocycles. The minimum Gasteiger partial charge on any atom is -0.384 e. The van der Waals surface area contributed by atoms with Crippen LogP contribution in [0.15, 0.2) is 0 Å². The Labute approximate surface area is 102 Å². The normalized spacial score (nSPS) is 11.9. The van der Waals surface area contributed by atoms with Crippen molar-refractivity contribution >= 4 is 9.84 Å². The maximum atomic E-state index is 11.1. The first-order valence-electron chi connectivity index (χ1n) is 5.55. The van der Waals surface area contributed by atoms with Crippen molar-refractivity contribution in [2.24, 2.45) is 0 Å². The Bertz CT molecular complexity index is 453. The van der Waals surface area contributed by atoms with E-state index in [9.17, 15) is 8.42 Å². The zero-order valence-corrected chi connectivity index (χ0v) is 11.3. The Kier molecular flexibility index (Phi) is 5.07. The van der Waals surface area contributed by atoms with Crippen LogP contribution in [-0.2, 0) is 34.0 Å². The maximum absolute atomic E-state index is 11.1. The Balaban J connectivity index is 2.72. The minimum absolute atomic E-state index is 0.107. The van der Waals surface area contributed by atoms with Crippen LogP contribution in [0.2, 0.25) is 0 Å². The SMILES string of the molecule is CCn1nc(CCOC)nc1CCS(C)(=O)=O. The number of sulfone groups is 1. The summed E-state index contributed by atoms with van der Waals surface area (Å²) >= 11 is 0. The standard InChI is InChI=1S/C10H19N3O3S/c1-4-13-10(6-8-17(3,14)15)11-9(12-13)5-7-16-2/h4-8H2,1-3H3. The molecule has 1 heterocycles. The third-order valence-electron chi connectivity index (χ3n) is 2.32. The lowest BCUT2D eigenvalue weighted by Gasteiger charge is -2.00. The van der Waals surface area contributed by atoms with Crippen molar-refractivity contribution in [2.75, 3.05) is 25.7 Å². The monoisotopic (exact) mass is 261 g/mol. The van der Waals surface area contributed by atoms with E-state index in [2.05, 4.69) is 10.1 Å². The van der Waals surface area contributed by atoms with Gasteiger partial charge >= 0.3 is 0 Å². The third kappa shape index (κ3) is 4.82. The van der Waals surface area contributed by atoms with Gasteiger partial charge < -0.3 is 4.74 Å². The van der Waals surface area contributed by atoms with Crippen LogP contribution in [0, 0.1) is 0 Å². The number of methoxy groups -OCH3 is 1. The van der Waals surface area contributed by atoms with Gasteiger partial charge in [0.05, 0.1) is 12.4 Å². The zero-order chi connectivity index (χ0) is 12.9. The number of aryl methyl sites for hydroxylation is 2. The highest BCUT2D eigenvalue weighted by Crippen LogP contribution is 2.03. The summed E-state index contributed by atoms with van der Waals surface area (Å²) in [6, 6.07) is 0. The molecule has 7 heteroatoms. The smallest absolute Gasteiger partial charge is 0.153 e. The number of hydrogen-bond donors (Lipinski definition) is 0. The molecule has 0 bridgehead atoms. The van der Waals surface area contributed by atoms with Crippen LogP contribution in [0.25, 0.3) is 0 Å². The molecule has 0 aliphatic heterocycles. The fourth-order valence-corrected chi connectivity index (χ4v) is 1.99. The van der Waals surface area contributed by atoms with Crippen LogP contribution in [0.5, 0.6) is 0 Å². The molecule has 1 aromatic heterocycles. The molecule has 0 amide bonds. The molecule has 0 N–H and O–H groups in total.